The van der Waals surface area contributed by atoms with E-state index < -0.39 is 0 Å². The van der Waals surface area contributed by atoms with Gasteiger partial charge in [0.25, 0.3) is 0 Å². The Labute approximate surface area is 80.7 Å². The standard InChI is InChI=1S/C11H21NO/c13-11-7-2-1-6-10(11)12-8-9-4-3-5-9/h9-13H,1-8H2/t10-,11-/m0/s1. The molecule has 0 heterocycles. The lowest BCUT2D eigenvalue weighted by atomic mass is 9.84. The van der Waals surface area contributed by atoms with E-state index >= 15 is 0 Å². The second-order valence-electron chi connectivity index (χ2n) is 4.66. The predicted octanol–water partition coefficient (Wildman–Crippen LogP) is 1.68. The van der Waals surface area contributed by atoms with Crippen molar-refractivity contribution >= 4 is 0 Å². The summed E-state index contributed by atoms with van der Waals surface area (Å²) >= 11 is 0. The molecule has 2 rings (SSSR count). The predicted molar refractivity (Wildman–Crippen MR) is 53.6 cm³/mol. The maximum atomic E-state index is 9.71. The number of nitrogens with one attached hydrogen (secondary N) is 1. The Hall–Kier alpha value is -0.0800. The van der Waals surface area contributed by atoms with Crippen LogP contribution >= 0.6 is 0 Å². The van der Waals surface area contributed by atoms with Crippen molar-refractivity contribution in [2.24, 2.45) is 5.92 Å². The largest absolute Gasteiger partial charge is 0.392 e. The summed E-state index contributed by atoms with van der Waals surface area (Å²) in [4.78, 5) is 0. The topological polar surface area (TPSA) is 32.3 Å². The van der Waals surface area contributed by atoms with Crippen LogP contribution in [0.2, 0.25) is 0 Å². The molecule has 0 aromatic rings. The maximum Gasteiger partial charge on any atom is 0.0693 e. The van der Waals surface area contributed by atoms with Crippen molar-refractivity contribution in [2.75, 3.05) is 6.54 Å². The van der Waals surface area contributed by atoms with Gasteiger partial charge in [0.1, 0.15) is 0 Å². The molecule has 0 aromatic heterocycles. The Kier molecular flexibility index (Phi) is 3.23. The molecule has 13 heavy (non-hydrogen) atoms. The number of aliphatic hydroxyl groups is 1. The highest BCUT2D eigenvalue weighted by Crippen LogP contribution is 2.26. The molecule has 2 nitrogen and oxygen atoms in total. The van der Waals surface area contributed by atoms with Crippen LogP contribution < -0.4 is 5.32 Å². The zero-order chi connectivity index (χ0) is 9.10. The molecular weight excluding hydrogens is 162 g/mol. The van der Waals surface area contributed by atoms with E-state index in [2.05, 4.69) is 5.32 Å². The van der Waals surface area contributed by atoms with E-state index in [9.17, 15) is 5.11 Å². The average molecular weight is 183 g/mol. The maximum absolute atomic E-state index is 9.71. The molecule has 0 aliphatic heterocycles. The van der Waals surface area contributed by atoms with Crippen LogP contribution in [0.3, 0.4) is 0 Å². The van der Waals surface area contributed by atoms with Gasteiger partial charge in [-0.2, -0.15) is 0 Å². The summed E-state index contributed by atoms with van der Waals surface area (Å²) in [7, 11) is 0. The van der Waals surface area contributed by atoms with E-state index in [4.69, 9.17) is 0 Å². The highest BCUT2D eigenvalue weighted by Gasteiger charge is 2.24. The summed E-state index contributed by atoms with van der Waals surface area (Å²) in [6.07, 6.45) is 8.82. The third-order valence-electron chi connectivity index (χ3n) is 3.62. The summed E-state index contributed by atoms with van der Waals surface area (Å²) in [5.74, 6) is 0.911. The quantitative estimate of drug-likeness (QED) is 0.697. The van der Waals surface area contributed by atoms with Crippen molar-refractivity contribution in [3.05, 3.63) is 0 Å². The van der Waals surface area contributed by atoms with Gasteiger partial charge < -0.3 is 10.4 Å². The van der Waals surface area contributed by atoms with Crippen LogP contribution in [0.15, 0.2) is 0 Å². The third-order valence-corrected chi connectivity index (χ3v) is 3.62. The molecule has 2 saturated carbocycles. The number of rotatable bonds is 3. The van der Waals surface area contributed by atoms with Crippen LogP contribution in [-0.2, 0) is 0 Å². The lowest BCUT2D eigenvalue weighted by molar-refractivity contribution is 0.0861. The van der Waals surface area contributed by atoms with Crippen LogP contribution in [0.5, 0.6) is 0 Å². The lowest BCUT2D eigenvalue weighted by Crippen LogP contribution is -2.44. The van der Waals surface area contributed by atoms with Crippen LogP contribution in [-0.4, -0.2) is 23.8 Å². The second-order valence-corrected chi connectivity index (χ2v) is 4.66. The molecule has 0 bridgehead atoms. The molecule has 0 amide bonds. The fraction of sp³-hybridized carbons (Fsp3) is 1.00. The molecule has 0 unspecified atom stereocenters. The summed E-state index contributed by atoms with van der Waals surface area (Å²) < 4.78 is 0. The van der Waals surface area contributed by atoms with Gasteiger partial charge in [-0.15, -0.1) is 0 Å². The second kappa shape index (κ2) is 4.43. The fourth-order valence-electron chi connectivity index (χ4n) is 2.36. The van der Waals surface area contributed by atoms with E-state index in [1.807, 2.05) is 0 Å². The van der Waals surface area contributed by atoms with Crippen molar-refractivity contribution in [3.63, 3.8) is 0 Å². The molecular formula is C11H21NO. The molecule has 0 spiro atoms. The smallest absolute Gasteiger partial charge is 0.0693 e. The highest BCUT2D eigenvalue weighted by molar-refractivity contribution is 4.82. The number of aliphatic hydroxyl groups excluding tert-OH is 1. The van der Waals surface area contributed by atoms with Crippen molar-refractivity contribution in [2.45, 2.75) is 57.1 Å². The first kappa shape index (κ1) is 9.47. The minimum Gasteiger partial charge on any atom is -0.392 e. The van der Waals surface area contributed by atoms with E-state index in [1.54, 1.807) is 0 Å². The van der Waals surface area contributed by atoms with E-state index in [1.165, 1.54) is 38.5 Å². The van der Waals surface area contributed by atoms with E-state index in [0.717, 1.165) is 18.9 Å². The van der Waals surface area contributed by atoms with Crippen LogP contribution in [0.1, 0.15) is 44.9 Å². The zero-order valence-electron chi connectivity index (χ0n) is 8.34. The Morgan fingerprint density at radius 1 is 1.00 bits per heavy atom. The molecule has 2 aliphatic rings. The normalized spacial score (nSPS) is 35.8. The van der Waals surface area contributed by atoms with Crippen LogP contribution in [0.25, 0.3) is 0 Å². The molecule has 0 saturated heterocycles. The van der Waals surface area contributed by atoms with E-state index in [0.29, 0.717) is 6.04 Å². The average Bonchev–Trinajstić information content (AvgIpc) is 2.05. The molecule has 0 radical (unpaired) electrons. The van der Waals surface area contributed by atoms with Gasteiger partial charge in [0.15, 0.2) is 0 Å². The fourth-order valence-corrected chi connectivity index (χ4v) is 2.36. The van der Waals surface area contributed by atoms with Crippen LogP contribution in [0.4, 0.5) is 0 Å². The van der Waals surface area contributed by atoms with Gasteiger partial charge >= 0.3 is 0 Å². The van der Waals surface area contributed by atoms with Gasteiger partial charge in [-0.25, -0.2) is 0 Å². The first-order valence-corrected chi connectivity index (χ1v) is 5.78. The molecule has 76 valence electrons. The molecule has 2 atom stereocenters. The van der Waals surface area contributed by atoms with Crippen molar-refractivity contribution in [3.8, 4) is 0 Å². The van der Waals surface area contributed by atoms with Gasteiger partial charge in [-0.3, -0.25) is 0 Å². The third kappa shape index (κ3) is 2.44. The Morgan fingerprint density at radius 3 is 2.38 bits per heavy atom. The van der Waals surface area contributed by atoms with Gasteiger partial charge in [-0.1, -0.05) is 19.3 Å². The lowest BCUT2D eigenvalue weighted by Gasteiger charge is -2.32. The highest BCUT2D eigenvalue weighted by atomic mass is 16.3. The monoisotopic (exact) mass is 183 g/mol. The van der Waals surface area contributed by atoms with Gasteiger partial charge in [0, 0.05) is 6.04 Å². The number of hydrogen-bond donors (Lipinski definition) is 2. The zero-order valence-corrected chi connectivity index (χ0v) is 8.34. The number of hydrogen-bond acceptors (Lipinski definition) is 2. The van der Waals surface area contributed by atoms with Gasteiger partial charge in [0.05, 0.1) is 6.10 Å². The van der Waals surface area contributed by atoms with Gasteiger partial charge in [0.2, 0.25) is 0 Å². The minimum absolute atomic E-state index is 0.0752. The first-order valence-electron chi connectivity index (χ1n) is 5.78. The first-order chi connectivity index (χ1) is 6.36. The van der Waals surface area contributed by atoms with Crippen molar-refractivity contribution in [1.82, 2.24) is 5.32 Å². The summed E-state index contributed by atoms with van der Waals surface area (Å²) in [5, 5.41) is 13.2. The van der Waals surface area contributed by atoms with Gasteiger partial charge in [-0.05, 0) is 38.1 Å². The molecule has 0 aromatic carbocycles. The van der Waals surface area contributed by atoms with Crippen molar-refractivity contribution < 1.29 is 5.11 Å². The molecule has 2 fully saturated rings. The van der Waals surface area contributed by atoms with Crippen molar-refractivity contribution in [1.29, 1.82) is 0 Å². The summed E-state index contributed by atoms with van der Waals surface area (Å²) in [5.41, 5.74) is 0. The molecule has 2 heteroatoms. The molecule has 2 aliphatic carbocycles. The summed E-state index contributed by atoms with van der Waals surface area (Å²) in [6, 6.07) is 0.398. The van der Waals surface area contributed by atoms with E-state index in [-0.39, 0.29) is 6.10 Å². The SMILES string of the molecule is O[C@H]1CCCC[C@@H]1NCC1CCC1. The molecule has 2 N–H and O–H groups in total. The van der Waals surface area contributed by atoms with Crippen LogP contribution in [0, 0.1) is 5.92 Å². The Balaban J connectivity index is 1.66. The Morgan fingerprint density at radius 2 is 1.77 bits per heavy atom. The Bertz CT molecular complexity index is 156. The minimum atomic E-state index is -0.0752. The summed E-state index contributed by atoms with van der Waals surface area (Å²) in [6.45, 7) is 1.14.